The lowest BCUT2D eigenvalue weighted by Crippen LogP contribution is -2.32. The number of aromatic amines is 1. The monoisotopic (exact) mass is 302 g/mol. The second kappa shape index (κ2) is 7.17. The predicted octanol–water partition coefficient (Wildman–Crippen LogP) is 1.92. The van der Waals surface area contributed by atoms with Crippen molar-refractivity contribution >= 4 is 5.91 Å². The molecule has 2 aromatic rings. The third-order valence-electron chi connectivity index (χ3n) is 3.22. The summed E-state index contributed by atoms with van der Waals surface area (Å²) >= 11 is 0. The third kappa shape index (κ3) is 4.39. The number of amides is 1. The standard InChI is InChI=1S/C16H22N4O2/c1-10(2)7-14(21)9-17-16(22)13-6-4-5-12(8-13)15-18-11(3)19-20-15/h4-6,8,10,14,21H,7,9H2,1-3H3,(H,17,22)(H,18,19,20). The van der Waals surface area contributed by atoms with Gasteiger partial charge in [0.2, 0.25) is 0 Å². The van der Waals surface area contributed by atoms with Crippen LogP contribution in [0.3, 0.4) is 0 Å². The van der Waals surface area contributed by atoms with Gasteiger partial charge in [0.05, 0.1) is 6.10 Å². The first kappa shape index (κ1) is 16.2. The van der Waals surface area contributed by atoms with Gasteiger partial charge in [-0.1, -0.05) is 26.0 Å². The quantitative estimate of drug-likeness (QED) is 0.760. The van der Waals surface area contributed by atoms with E-state index >= 15 is 0 Å². The van der Waals surface area contributed by atoms with Crippen LogP contribution in [0.4, 0.5) is 0 Å². The van der Waals surface area contributed by atoms with E-state index in [0.29, 0.717) is 23.7 Å². The van der Waals surface area contributed by atoms with Crippen molar-refractivity contribution in [2.24, 2.45) is 5.92 Å². The van der Waals surface area contributed by atoms with Gasteiger partial charge in [-0.3, -0.25) is 9.89 Å². The summed E-state index contributed by atoms with van der Waals surface area (Å²) in [6, 6.07) is 7.12. The molecule has 0 saturated carbocycles. The summed E-state index contributed by atoms with van der Waals surface area (Å²) in [5.41, 5.74) is 1.30. The van der Waals surface area contributed by atoms with Gasteiger partial charge in [-0.15, -0.1) is 0 Å². The van der Waals surface area contributed by atoms with E-state index < -0.39 is 6.10 Å². The molecule has 0 bridgehead atoms. The van der Waals surface area contributed by atoms with Gasteiger partial charge in [0.15, 0.2) is 5.82 Å². The van der Waals surface area contributed by atoms with Crippen LogP contribution in [0.5, 0.6) is 0 Å². The largest absolute Gasteiger partial charge is 0.391 e. The normalized spacial score (nSPS) is 12.4. The number of aliphatic hydroxyl groups is 1. The minimum Gasteiger partial charge on any atom is -0.391 e. The first-order valence-corrected chi connectivity index (χ1v) is 7.41. The molecule has 0 radical (unpaired) electrons. The molecule has 2 rings (SSSR count). The number of rotatable bonds is 6. The Morgan fingerprint density at radius 3 is 2.82 bits per heavy atom. The smallest absolute Gasteiger partial charge is 0.251 e. The maximum Gasteiger partial charge on any atom is 0.251 e. The Morgan fingerprint density at radius 2 is 2.18 bits per heavy atom. The van der Waals surface area contributed by atoms with Crippen LogP contribution in [0.15, 0.2) is 24.3 Å². The van der Waals surface area contributed by atoms with Crippen LogP contribution in [-0.2, 0) is 0 Å². The molecule has 1 unspecified atom stereocenters. The minimum absolute atomic E-state index is 0.211. The molecule has 1 aromatic carbocycles. The summed E-state index contributed by atoms with van der Waals surface area (Å²) in [6.45, 7) is 6.14. The van der Waals surface area contributed by atoms with Gasteiger partial charge in [0.25, 0.3) is 5.91 Å². The maximum absolute atomic E-state index is 12.2. The summed E-state index contributed by atoms with van der Waals surface area (Å²) in [6.07, 6.45) is 0.138. The fourth-order valence-corrected chi connectivity index (χ4v) is 2.21. The van der Waals surface area contributed by atoms with Crippen molar-refractivity contribution in [2.45, 2.75) is 33.3 Å². The Morgan fingerprint density at radius 1 is 1.41 bits per heavy atom. The number of hydrogen-bond donors (Lipinski definition) is 3. The second-order valence-electron chi connectivity index (χ2n) is 5.82. The topological polar surface area (TPSA) is 90.9 Å². The van der Waals surface area contributed by atoms with E-state index in [1.54, 1.807) is 18.2 Å². The molecule has 118 valence electrons. The molecule has 0 spiro atoms. The number of nitrogens with one attached hydrogen (secondary N) is 2. The number of carbonyl (C=O) groups is 1. The molecule has 0 aliphatic rings. The van der Waals surface area contributed by atoms with E-state index in [-0.39, 0.29) is 12.5 Å². The molecule has 1 atom stereocenters. The van der Waals surface area contributed by atoms with Gasteiger partial charge in [-0.2, -0.15) is 5.10 Å². The molecule has 0 saturated heterocycles. The Labute approximate surface area is 130 Å². The van der Waals surface area contributed by atoms with Crippen molar-refractivity contribution in [1.82, 2.24) is 20.5 Å². The van der Waals surface area contributed by atoms with Crippen molar-refractivity contribution in [2.75, 3.05) is 6.54 Å². The summed E-state index contributed by atoms with van der Waals surface area (Å²) in [4.78, 5) is 16.4. The van der Waals surface area contributed by atoms with Gasteiger partial charge >= 0.3 is 0 Å². The van der Waals surface area contributed by atoms with Crippen LogP contribution in [0.1, 0.15) is 36.5 Å². The summed E-state index contributed by atoms with van der Waals surface area (Å²) in [7, 11) is 0. The van der Waals surface area contributed by atoms with Crippen molar-refractivity contribution in [3.05, 3.63) is 35.7 Å². The van der Waals surface area contributed by atoms with Crippen LogP contribution in [0.25, 0.3) is 11.4 Å². The molecule has 6 heteroatoms. The van der Waals surface area contributed by atoms with Crippen molar-refractivity contribution in [3.63, 3.8) is 0 Å². The molecule has 0 aliphatic heterocycles. The number of aryl methyl sites for hydroxylation is 1. The van der Waals surface area contributed by atoms with Crippen LogP contribution in [0.2, 0.25) is 0 Å². The van der Waals surface area contributed by atoms with Crippen molar-refractivity contribution in [3.8, 4) is 11.4 Å². The summed E-state index contributed by atoms with van der Waals surface area (Å²) < 4.78 is 0. The minimum atomic E-state index is -0.525. The third-order valence-corrected chi connectivity index (χ3v) is 3.22. The zero-order valence-corrected chi connectivity index (χ0v) is 13.1. The Bertz CT molecular complexity index is 637. The lowest BCUT2D eigenvalue weighted by atomic mass is 10.1. The van der Waals surface area contributed by atoms with Crippen LogP contribution < -0.4 is 5.32 Å². The molecule has 0 fully saturated rings. The van der Waals surface area contributed by atoms with E-state index in [9.17, 15) is 9.90 Å². The molecule has 1 heterocycles. The number of aromatic nitrogens is 3. The van der Waals surface area contributed by atoms with Crippen LogP contribution in [-0.4, -0.2) is 38.8 Å². The number of hydrogen-bond acceptors (Lipinski definition) is 4. The number of benzene rings is 1. The van der Waals surface area contributed by atoms with E-state index in [1.165, 1.54) is 0 Å². The van der Waals surface area contributed by atoms with E-state index in [1.807, 2.05) is 26.8 Å². The highest BCUT2D eigenvalue weighted by atomic mass is 16.3. The highest BCUT2D eigenvalue weighted by molar-refractivity contribution is 5.95. The van der Waals surface area contributed by atoms with Gasteiger partial charge in [0.1, 0.15) is 5.82 Å². The average molecular weight is 302 g/mol. The Balaban J connectivity index is 2.01. The lowest BCUT2D eigenvalue weighted by molar-refractivity contribution is 0.0900. The predicted molar refractivity (Wildman–Crippen MR) is 84.4 cm³/mol. The Hall–Kier alpha value is -2.21. The first-order chi connectivity index (χ1) is 10.5. The van der Waals surface area contributed by atoms with Crippen LogP contribution in [0, 0.1) is 12.8 Å². The highest BCUT2D eigenvalue weighted by Gasteiger charge is 2.12. The molecule has 3 N–H and O–H groups in total. The molecule has 1 amide bonds. The number of aliphatic hydroxyl groups excluding tert-OH is 1. The zero-order valence-electron chi connectivity index (χ0n) is 13.1. The van der Waals surface area contributed by atoms with Gasteiger partial charge < -0.3 is 10.4 Å². The first-order valence-electron chi connectivity index (χ1n) is 7.41. The Kier molecular flexibility index (Phi) is 5.27. The van der Waals surface area contributed by atoms with E-state index in [0.717, 1.165) is 11.4 Å². The fourth-order valence-electron chi connectivity index (χ4n) is 2.21. The highest BCUT2D eigenvalue weighted by Crippen LogP contribution is 2.16. The molecule has 0 aliphatic carbocycles. The number of nitrogens with zero attached hydrogens (tertiary/aromatic N) is 2. The van der Waals surface area contributed by atoms with Crippen molar-refractivity contribution < 1.29 is 9.90 Å². The number of H-pyrrole nitrogens is 1. The fraction of sp³-hybridized carbons (Fsp3) is 0.438. The molecule has 22 heavy (non-hydrogen) atoms. The summed E-state index contributed by atoms with van der Waals surface area (Å²) in [5, 5.41) is 19.4. The molecular weight excluding hydrogens is 280 g/mol. The maximum atomic E-state index is 12.2. The van der Waals surface area contributed by atoms with E-state index in [4.69, 9.17) is 0 Å². The molecular formula is C16H22N4O2. The second-order valence-corrected chi connectivity index (χ2v) is 5.82. The van der Waals surface area contributed by atoms with E-state index in [2.05, 4.69) is 20.5 Å². The lowest BCUT2D eigenvalue weighted by Gasteiger charge is -2.14. The SMILES string of the molecule is Cc1nc(-c2cccc(C(=O)NCC(O)CC(C)C)c2)n[nH]1. The average Bonchev–Trinajstić information content (AvgIpc) is 2.91. The number of carbonyl (C=O) groups excluding carboxylic acids is 1. The summed E-state index contributed by atoms with van der Waals surface area (Å²) in [5.74, 6) is 1.47. The van der Waals surface area contributed by atoms with Gasteiger partial charge in [-0.05, 0) is 31.4 Å². The van der Waals surface area contributed by atoms with Crippen molar-refractivity contribution in [1.29, 1.82) is 0 Å². The van der Waals surface area contributed by atoms with Crippen LogP contribution >= 0.6 is 0 Å². The van der Waals surface area contributed by atoms with Gasteiger partial charge in [0, 0.05) is 17.7 Å². The van der Waals surface area contributed by atoms with Gasteiger partial charge in [-0.25, -0.2) is 4.98 Å². The zero-order chi connectivity index (χ0) is 16.1. The molecule has 6 nitrogen and oxygen atoms in total. The molecule has 1 aromatic heterocycles.